The summed E-state index contributed by atoms with van der Waals surface area (Å²) in [7, 11) is 0. The molecule has 2 heterocycles. The van der Waals surface area contributed by atoms with E-state index in [0.29, 0.717) is 5.92 Å². The molecule has 2 atom stereocenters. The van der Waals surface area contributed by atoms with Gasteiger partial charge in [0.25, 0.3) is 0 Å². The average molecular weight is 344 g/mol. The number of ether oxygens (including phenoxy) is 1. The van der Waals surface area contributed by atoms with E-state index < -0.39 is 5.60 Å². The molecule has 1 unspecified atom stereocenters. The molecular weight excluding hydrogens is 320 g/mol. The lowest BCUT2D eigenvalue weighted by atomic mass is 10.0. The largest absolute Gasteiger partial charge is 0.444 e. The van der Waals surface area contributed by atoms with Crippen LogP contribution in [0, 0.1) is 0 Å². The van der Waals surface area contributed by atoms with Crippen LogP contribution in [0.5, 0.6) is 0 Å². The number of hydrogen-bond acceptors (Lipinski definition) is 6. The number of anilines is 2. The summed E-state index contributed by atoms with van der Waals surface area (Å²) in [6, 6.07) is 3.96. The second-order valence-corrected chi connectivity index (χ2v) is 7.32. The number of nitrogens with zero attached hydrogens (tertiary/aromatic N) is 3. The quantitative estimate of drug-likeness (QED) is 0.787. The lowest BCUT2D eigenvalue weighted by molar-refractivity contribution is 0.0505. The predicted octanol–water partition coefficient (Wildman–Crippen LogP) is 3.10. The van der Waals surface area contributed by atoms with Crippen LogP contribution in [0.3, 0.4) is 0 Å². The zero-order chi connectivity index (χ0) is 17.9. The van der Waals surface area contributed by atoms with E-state index in [0.717, 1.165) is 36.5 Å². The minimum absolute atomic E-state index is 0.129. The van der Waals surface area contributed by atoms with E-state index in [4.69, 9.17) is 4.74 Å². The van der Waals surface area contributed by atoms with E-state index in [1.54, 1.807) is 12.4 Å². The van der Waals surface area contributed by atoms with Crippen molar-refractivity contribution in [3.63, 3.8) is 0 Å². The average Bonchev–Trinajstić information content (AvgIpc) is 3.15. The molecule has 1 amide bonds. The normalized spacial score (nSPS) is 20.3. The highest BCUT2D eigenvalue weighted by molar-refractivity contribution is 5.68. The second-order valence-electron chi connectivity index (χ2n) is 7.32. The minimum atomic E-state index is -0.478. The van der Waals surface area contributed by atoms with E-state index in [9.17, 15) is 4.79 Å². The van der Waals surface area contributed by atoms with Crippen molar-refractivity contribution in [2.75, 3.05) is 5.32 Å². The second kappa shape index (κ2) is 7.08. The molecule has 2 aromatic heterocycles. The first-order chi connectivity index (χ1) is 11.9. The molecule has 1 aliphatic rings. The number of amides is 1. The maximum absolute atomic E-state index is 11.9. The third-order valence-electron chi connectivity index (χ3n) is 4.05. The molecule has 8 nitrogen and oxygen atoms in total. The third-order valence-corrected chi connectivity index (χ3v) is 4.05. The summed E-state index contributed by atoms with van der Waals surface area (Å²) in [5, 5.41) is 21.1. The van der Waals surface area contributed by atoms with Gasteiger partial charge in [-0.3, -0.25) is 5.10 Å². The standard InChI is InChI=1S/C17H24N6O2/c1-17(2,3)25-16(24)21-12-5-4-11(8-12)14-9-15(23-22-14)20-13-6-7-18-19-10-13/h6-7,9-12H,4-5,8H2,1-3H3,(H,21,24)(H2,18,20,22,23)/t11-,12?/m0/s1. The fraction of sp³-hybridized carbons (Fsp3) is 0.529. The van der Waals surface area contributed by atoms with Crippen LogP contribution >= 0.6 is 0 Å². The van der Waals surface area contributed by atoms with Crippen molar-refractivity contribution in [1.82, 2.24) is 25.7 Å². The zero-order valence-corrected chi connectivity index (χ0v) is 14.7. The van der Waals surface area contributed by atoms with Gasteiger partial charge in [0, 0.05) is 23.7 Å². The van der Waals surface area contributed by atoms with Crippen LogP contribution in [0.2, 0.25) is 0 Å². The number of nitrogens with one attached hydrogen (secondary N) is 3. The number of hydrogen-bond donors (Lipinski definition) is 3. The summed E-state index contributed by atoms with van der Waals surface area (Å²) in [4.78, 5) is 11.9. The molecule has 3 N–H and O–H groups in total. The molecule has 3 rings (SSSR count). The van der Waals surface area contributed by atoms with Crippen molar-refractivity contribution in [1.29, 1.82) is 0 Å². The van der Waals surface area contributed by atoms with E-state index >= 15 is 0 Å². The molecule has 2 aromatic rings. The van der Waals surface area contributed by atoms with Crippen molar-refractivity contribution in [2.24, 2.45) is 0 Å². The summed E-state index contributed by atoms with van der Waals surface area (Å²) in [6.45, 7) is 5.59. The molecule has 134 valence electrons. The third kappa shape index (κ3) is 4.91. The van der Waals surface area contributed by atoms with E-state index in [2.05, 4.69) is 31.0 Å². The van der Waals surface area contributed by atoms with Gasteiger partial charge in [0.1, 0.15) is 5.60 Å². The highest BCUT2D eigenvalue weighted by atomic mass is 16.6. The lowest BCUT2D eigenvalue weighted by Gasteiger charge is -2.21. The van der Waals surface area contributed by atoms with Crippen LogP contribution in [0.4, 0.5) is 16.3 Å². The summed E-state index contributed by atoms with van der Waals surface area (Å²) in [5.74, 6) is 1.09. The summed E-state index contributed by atoms with van der Waals surface area (Å²) in [5.41, 5.74) is 1.43. The summed E-state index contributed by atoms with van der Waals surface area (Å²) < 4.78 is 5.32. The number of aromatic nitrogens is 4. The van der Waals surface area contributed by atoms with Gasteiger partial charge in [0.15, 0.2) is 5.82 Å². The molecule has 0 radical (unpaired) electrons. The van der Waals surface area contributed by atoms with E-state index in [1.807, 2.05) is 32.9 Å². The Morgan fingerprint density at radius 2 is 2.16 bits per heavy atom. The Morgan fingerprint density at radius 1 is 1.32 bits per heavy atom. The van der Waals surface area contributed by atoms with Gasteiger partial charge in [-0.25, -0.2) is 4.79 Å². The Balaban J connectivity index is 1.53. The fourth-order valence-corrected chi connectivity index (χ4v) is 2.99. The molecule has 25 heavy (non-hydrogen) atoms. The Morgan fingerprint density at radius 3 is 2.88 bits per heavy atom. The molecule has 0 aromatic carbocycles. The monoisotopic (exact) mass is 344 g/mol. The maximum atomic E-state index is 11.9. The number of alkyl carbamates (subject to hydrolysis) is 1. The Hall–Kier alpha value is -2.64. The van der Waals surface area contributed by atoms with Crippen LogP contribution in [0.15, 0.2) is 24.5 Å². The molecule has 8 heteroatoms. The lowest BCUT2D eigenvalue weighted by Crippen LogP contribution is -2.37. The van der Waals surface area contributed by atoms with Crippen molar-refractivity contribution in [3.8, 4) is 0 Å². The molecule has 0 aliphatic heterocycles. The first-order valence-corrected chi connectivity index (χ1v) is 8.47. The van der Waals surface area contributed by atoms with Crippen LogP contribution in [-0.4, -0.2) is 38.1 Å². The number of H-pyrrole nitrogens is 1. The topological polar surface area (TPSA) is 105 Å². The molecule has 0 spiro atoms. The number of aromatic amines is 1. The van der Waals surface area contributed by atoms with Gasteiger partial charge in [0.2, 0.25) is 0 Å². The molecule has 1 aliphatic carbocycles. The van der Waals surface area contributed by atoms with Gasteiger partial charge in [-0.15, -0.1) is 0 Å². The van der Waals surface area contributed by atoms with Crippen LogP contribution in [-0.2, 0) is 4.74 Å². The SMILES string of the molecule is CC(C)(C)OC(=O)NC1CC[C@H](c2cc(Nc3ccnnc3)n[nH]2)C1. The number of carbonyl (C=O) groups is 1. The van der Waals surface area contributed by atoms with Crippen LogP contribution < -0.4 is 10.6 Å². The molecule has 1 fully saturated rings. The minimum Gasteiger partial charge on any atom is -0.444 e. The molecule has 0 bridgehead atoms. The fourth-order valence-electron chi connectivity index (χ4n) is 2.99. The Labute approximate surface area is 146 Å². The smallest absolute Gasteiger partial charge is 0.407 e. The van der Waals surface area contributed by atoms with Gasteiger partial charge < -0.3 is 15.4 Å². The highest BCUT2D eigenvalue weighted by Gasteiger charge is 2.29. The predicted molar refractivity (Wildman–Crippen MR) is 93.7 cm³/mol. The zero-order valence-electron chi connectivity index (χ0n) is 14.7. The van der Waals surface area contributed by atoms with Crippen LogP contribution in [0.1, 0.15) is 51.6 Å². The van der Waals surface area contributed by atoms with Gasteiger partial charge in [-0.05, 0) is 46.1 Å². The molecular formula is C17H24N6O2. The molecule has 0 saturated heterocycles. The summed E-state index contributed by atoms with van der Waals surface area (Å²) in [6.07, 6.45) is 5.72. The van der Waals surface area contributed by atoms with Crippen molar-refractivity contribution in [2.45, 2.75) is 57.6 Å². The van der Waals surface area contributed by atoms with Crippen molar-refractivity contribution < 1.29 is 9.53 Å². The highest BCUT2D eigenvalue weighted by Crippen LogP contribution is 2.34. The molecule has 1 saturated carbocycles. The van der Waals surface area contributed by atoms with Crippen molar-refractivity contribution >= 4 is 17.6 Å². The number of carbonyl (C=O) groups excluding carboxylic acids is 1. The van der Waals surface area contributed by atoms with Crippen molar-refractivity contribution in [3.05, 3.63) is 30.2 Å². The van der Waals surface area contributed by atoms with Gasteiger partial charge in [0.05, 0.1) is 18.1 Å². The van der Waals surface area contributed by atoms with Gasteiger partial charge in [-0.1, -0.05) is 0 Å². The number of rotatable bonds is 4. The van der Waals surface area contributed by atoms with E-state index in [-0.39, 0.29) is 12.1 Å². The van der Waals surface area contributed by atoms with Crippen LogP contribution in [0.25, 0.3) is 0 Å². The Bertz CT molecular complexity index is 709. The first kappa shape index (κ1) is 17.2. The van der Waals surface area contributed by atoms with Gasteiger partial charge >= 0.3 is 6.09 Å². The van der Waals surface area contributed by atoms with E-state index in [1.165, 1.54) is 0 Å². The Kier molecular flexibility index (Phi) is 4.87. The maximum Gasteiger partial charge on any atom is 0.407 e. The summed E-state index contributed by atoms with van der Waals surface area (Å²) >= 11 is 0. The first-order valence-electron chi connectivity index (χ1n) is 8.47. The van der Waals surface area contributed by atoms with Gasteiger partial charge in [-0.2, -0.15) is 15.3 Å².